The van der Waals surface area contributed by atoms with Crippen molar-refractivity contribution >= 4 is 35.0 Å². The van der Waals surface area contributed by atoms with Gasteiger partial charge < -0.3 is 9.73 Å². The second kappa shape index (κ2) is 7.91. The van der Waals surface area contributed by atoms with Crippen LogP contribution in [-0.4, -0.2) is 40.4 Å². The van der Waals surface area contributed by atoms with Gasteiger partial charge in [0.2, 0.25) is 0 Å². The van der Waals surface area contributed by atoms with Crippen molar-refractivity contribution in [2.45, 2.75) is 26.6 Å². The standard InChI is InChI=1S/C18H17N7O4S/c1-2-22-8-12(6-19-22)9-24-17(26)16(21-18(24)30)5-14-3-4-15(29-14)11-23-10-13(7-20-23)25(27)28/h3-8,10H,2,9,11H2,1H3,(H,21,30)/b16-5+. The molecule has 12 heteroatoms. The van der Waals surface area contributed by atoms with Crippen LogP contribution in [0.3, 0.4) is 0 Å². The number of hydrogen-bond donors (Lipinski definition) is 1. The fourth-order valence-corrected chi connectivity index (χ4v) is 3.21. The highest BCUT2D eigenvalue weighted by Crippen LogP contribution is 2.19. The topological polar surface area (TPSA) is 124 Å². The summed E-state index contributed by atoms with van der Waals surface area (Å²) in [5, 5.41) is 22.1. The van der Waals surface area contributed by atoms with E-state index in [-0.39, 0.29) is 18.1 Å². The number of rotatable bonds is 7. The minimum Gasteiger partial charge on any atom is -0.460 e. The van der Waals surface area contributed by atoms with E-state index < -0.39 is 4.92 Å². The predicted octanol–water partition coefficient (Wildman–Crippen LogP) is 1.91. The van der Waals surface area contributed by atoms with Gasteiger partial charge in [-0.2, -0.15) is 10.2 Å². The van der Waals surface area contributed by atoms with Crippen LogP contribution in [0.2, 0.25) is 0 Å². The minimum absolute atomic E-state index is 0.0947. The highest BCUT2D eigenvalue weighted by Gasteiger charge is 2.31. The SMILES string of the molecule is CCn1cc(CN2C(=O)/C(=C\c3ccc(Cn4cc([N+](=O)[O-])cn4)o3)NC2=S)cn1. The second-order valence-electron chi connectivity index (χ2n) is 6.54. The van der Waals surface area contributed by atoms with Crippen LogP contribution < -0.4 is 5.32 Å². The molecule has 0 radical (unpaired) electrons. The molecule has 4 heterocycles. The van der Waals surface area contributed by atoms with Gasteiger partial charge in [0.15, 0.2) is 5.11 Å². The monoisotopic (exact) mass is 427 g/mol. The molecule has 1 saturated heterocycles. The van der Waals surface area contributed by atoms with Crippen LogP contribution >= 0.6 is 12.2 Å². The van der Waals surface area contributed by atoms with Gasteiger partial charge in [-0.05, 0) is 31.3 Å². The zero-order valence-corrected chi connectivity index (χ0v) is 16.7. The summed E-state index contributed by atoms with van der Waals surface area (Å²) >= 11 is 5.29. The molecule has 0 saturated carbocycles. The number of thiocarbonyl (C=S) groups is 1. The summed E-state index contributed by atoms with van der Waals surface area (Å²) in [6.07, 6.45) is 7.64. The van der Waals surface area contributed by atoms with Gasteiger partial charge in [0.05, 0.1) is 24.2 Å². The molecular weight excluding hydrogens is 410 g/mol. The molecule has 0 aliphatic carbocycles. The molecule has 30 heavy (non-hydrogen) atoms. The summed E-state index contributed by atoms with van der Waals surface area (Å²) in [6, 6.07) is 3.42. The smallest absolute Gasteiger partial charge is 0.307 e. The van der Waals surface area contributed by atoms with E-state index in [2.05, 4.69) is 15.5 Å². The highest BCUT2D eigenvalue weighted by molar-refractivity contribution is 7.80. The number of aromatic nitrogens is 4. The summed E-state index contributed by atoms with van der Waals surface area (Å²) in [6.45, 7) is 3.28. The van der Waals surface area contributed by atoms with Gasteiger partial charge in [-0.1, -0.05) is 0 Å². The zero-order chi connectivity index (χ0) is 21.3. The van der Waals surface area contributed by atoms with Gasteiger partial charge in [-0.25, -0.2) is 0 Å². The average molecular weight is 427 g/mol. The molecule has 1 amide bonds. The number of nitro groups is 1. The number of nitrogens with one attached hydrogen (secondary N) is 1. The van der Waals surface area contributed by atoms with Crippen LogP contribution in [0.4, 0.5) is 5.69 Å². The lowest BCUT2D eigenvalue weighted by Crippen LogP contribution is -2.29. The first-order chi connectivity index (χ1) is 14.4. The van der Waals surface area contributed by atoms with Crippen LogP contribution in [0, 0.1) is 10.1 Å². The van der Waals surface area contributed by atoms with Gasteiger partial charge in [-0.15, -0.1) is 0 Å². The lowest BCUT2D eigenvalue weighted by atomic mass is 10.3. The maximum Gasteiger partial charge on any atom is 0.307 e. The molecule has 3 aromatic rings. The average Bonchev–Trinajstić information content (AvgIpc) is 3.49. The third-order valence-corrected chi connectivity index (χ3v) is 4.75. The molecule has 1 fully saturated rings. The van der Waals surface area contributed by atoms with Crippen molar-refractivity contribution in [1.29, 1.82) is 0 Å². The third kappa shape index (κ3) is 3.98. The Labute approximate surface area is 175 Å². The van der Waals surface area contributed by atoms with Crippen molar-refractivity contribution in [3.05, 3.63) is 69.8 Å². The summed E-state index contributed by atoms with van der Waals surface area (Å²) in [7, 11) is 0. The Balaban J connectivity index is 1.45. The maximum atomic E-state index is 12.7. The van der Waals surface area contributed by atoms with Crippen molar-refractivity contribution in [3.63, 3.8) is 0 Å². The van der Waals surface area contributed by atoms with E-state index >= 15 is 0 Å². The molecule has 1 aliphatic heterocycles. The lowest BCUT2D eigenvalue weighted by Gasteiger charge is -2.12. The van der Waals surface area contributed by atoms with Crippen LogP contribution in [-0.2, 0) is 24.4 Å². The van der Waals surface area contributed by atoms with Gasteiger partial charge in [0, 0.05) is 24.4 Å². The van der Waals surface area contributed by atoms with E-state index in [1.54, 1.807) is 29.1 Å². The first kappa shape index (κ1) is 19.5. The van der Waals surface area contributed by atoms with Crippen molar-refractivity contribution in [1.82, 2.24) is 29.8 Å². The molecule has 154 valence electrons. The number of carbonyl (C=O) groups is 1. The van der Waals surface area contributed by atoms with E-state index in [1.807, 2.05) is 13.1 Å². The molecule has 4 rings (SSSR count). The molecule has 0 spiro atoms. The number of aryl methyl sites for hydroxylation is 1. The number of hydrogen-bond acceptors (Lipinski definition) is 7. The molecule has 3 aromatic heterocycles. The quantitative estimate of drug-likeness (QED) is 0.262. The van der Waals surface area contributed by atoms with E-state index in [1.165, 1.54) is 22.0 Å². The van der Waals surface area contributed by atoms with Crippen molar-refractivity contribution in [3.8, 4) is 0 Å². The number of furan rings is 1. The van der Waals surface area contributed by atoms with Crippen molar-refractivity contribution in [2.24, 2.45) is 0 Å². The first-order valence-corrected chi connectivity index (χ1v) is 9.45. The predicted molar refractivity (Wildman–Crippen MR) is 109 cm³/mol. The Morgan fingerprint density at radius 1 is 1.23 bits per heavy atom. The van der Waals surface area contributed by atoms with E-state index in [4.69, 9.17) is 16.6 Å². The summed E-state index contributed by atoms with van der Waals surface area (Å²) in [5.74, 6) is 0.729. The number of nitrogens with zero attached hydrogens (tertiary/aromatic N) is 6. The summed E-state index contributed by atoms with van der Waals surface area (Å²) in [5.41, 5.74) is 1.09. The molecule has 0 atom stereocenters. The molecule has 0 aromatic carbocycles. The third-order valence-electron chi connectivity index (χ3n) is 4.43. The Morgan fingerprint density at radius 2 is 2.03 bits per heavy atom. The highest BCUT2D eigenvalue weighted by atomic mass is 32.1. The van der Waals surface area contributed by atoms with Crippen LogP contribution in [0.5, 0.6) is 0 Å². The Bertz CT molecular complexity index is 1160. The Hall–Kier alpha value is -3.80. The van der Waals surface area contributed by atoms with Crippen molar-refractivity contribution < 1.29 is 14.1 Å². The zero-order valence-electron chi connectivity index (χ0n) is 15.9. The Kier molecular flexibility index (Phi) is 5.14. The van der Waals surface area contributed by atoms with Crippen LogP contribution in [0.1, 0.15) is 24.0 Å². The number of carbonyl (C=O) groups excluding carboxylic acids is 1. The van der Waals surface area contributed by atoms with Crippen LogP contribution in [0.25, 0.3) is 6.08 Å². The largest absolute Gasteiger partial charge is 0.460 e. The van der Waals surface area contributed by atoms with Gasteiger partial charge in [-0.3, -0.25) is 29.2 Å². The minimum atomic E-state index is -0.513. The van der Waals surface area contributed by atoms with Crippen LogP contribution in [0.15, 0.2) is 47.0 Å². The molecule has 0 unspecified atom stereocenters. The second-order valence-corrected chi connectivity index (χ2v) is 6.93. The number of amides is 1. The molecule has 0 bridgehead atoms. The fourth-order valence-electron chi connectivity index (χ4n) is 2.95. The van der Waals surface area contributed by atoms with Crippen molar-refractivity contribution in [2.75, 3.05) is 0 Å². The maximum absolute atomic E-state index is 12.7. The normalized spacial score (nSPS) is 15.2. The van der Waals surface area contributed by atoms with Gasteiger partial charge in [0.25, 0.3) is 5.91 Å². The fraction of sp³-hybridized carbons (Fsp3) is 0.222. The Morgan fingerprint density at radius 3 is 2.73 bits per heavy atom. The van der Waals surface area contributed by atoms with Gasteiger partial charge in [0.1, 0.15) is 29.6 Å². The molecule has 1 N–H and O–H groups in total. The summed E-state index contributed by atoms with van der Waals surface area (Å²) < 4.78 is 8.88. The van der Waals surface area contributed by atoms with Gasteiger partial charge >= 0.3 is 5.69 Å². The molecule has 1 aliphatic rings. The first-order valence-electron chi connectivity index (χ1n) is 9.04. The summed E-state index contributed by atoms with van der Waals surface area (Å²) in [4.78, 5) is 24.4. The van der Waals surface area contributed by atoms with E-state index in [9.17, 15) is 14.9 Å². The van der Waals surface area contributed by atoms with E-state index in [0.717, 1.165) is 12.1 Å². The molecule has 11 nitrogen and oxygen atoms in total. The van der Waals surface area contributed by atoms with E-state index in [0.29, 0.717) is 28.9 Å². The lowest BCUT2D eigenvalue weighted by molar-refractivity contribution is -0.385. The molecular formula is C18H17N7O4S.